The quantitative estimate of drug-likeness (QED) is 0.0329. The average molecular weight is 1870 g/mol. The van der Waals surface area contributed by atoms with Gasteiger partial charge in [0.2, 0.25) is 0 Å². The van der Waals surface area contributed by atoms with Crippen LogP contribution in [0.1, 0.15) is 161 Å². The number of aryl methyl sites for hydroxylation is 6. The van der Waals surface area contributed by atoms with E-state index >= 15 is 0 Å². The van der Waals surface area contributed by atoms with Crippen molar-refractivity contribution in [3.63, 3.8) is 0 Å². The minimum atomic E-state index is -0.266. The van der Waals surface area contributed by atoms with E-state index in [0.29, 0.717) is 92.0 Å². The van der Waals surface area contributed by atoms with Crippen LogP contribution in [0.25, 0.3) is 40.9 Å². The molecular weight excluding hydrogens is 1750 g/mol. The van der Waals surface area contributed by atoms with E-state index in [0.717, 1.165) is 237 Å². The SMILES string of the molecule is CC[C@@H]1CN(c2ccc3c(c2)OC[C@H](NC(=O)c2sc4nc(C)ccc4c2N)C3)C[C@@H]1CF.CC[C@@H]1CN(c2ccc3c(n2)CC[C@H](NC(=O)c2sc4nc(C)ccc4c2N)C3)C[C@@H]1CF.CC[C@H]1CN(c2ccc3c(c2)OC[C@H](NC(=O)c2sc4nc(C)ccc4c2N)C3)C[C@H]1CF.CC[C@H]1CN(c2ccc3c(n2)CC[C@H](NC(=O)c2sc4nc(C)ccc4c2N)C3)C[C@H]1CF. The molecule has 0 bridgehead atoms. The van der Waals surface area contributed by atoms with Gasteiger partial charge in [-0.15, -0.1) is 45.3 Å². The number of amides is 4. The van der Waals surface area contributed by atoms with Gasteiger partial charge in [0, 0.05) is 167 Å². The van der Waals surface area contributed by atoms with Crippen LogP contribution in [0.5, 0.6) is 11.5 Å². The number of anilines is 8. The van der Waals surface area contributed by atoms with Crippen LogP contribution in [0.15, 0.2) is 109 Å². The molecule has 4 amide bonds. The Morgan fingerprint density at radius 3 is 0.924 bits per heavy atom. The summed E-state index contributed by atoms with van der Waals surface area (Å²) in [7, 11) is 0. The topological polar surface area (TPSA) is 329 Å². The number of halogens is 4. The molecule has 32 heteroatoms. The highest BCUT2D eigenvalue weighted by atomic mass is 32.1. The number of hydrogen-bond donors (Lipinski definition) is 8. The highest BCUT2D eigenvalue weighted by Gasteiger charge is 2.39. The summed E-state index contributed by atoms with van der Waals surface area (Å²) < 4.78 is 65.6. The van der Waals surface area contributed by atoms with Gasteiger partial charge in [0.05, 0.1) is 61.5 Å². The van der Waals surface area contributed by atoms with E-state index in [2.05, 4.69) is 137 Å². The number of nitrogens with zero attached hydrogens (tertiary/aromatic N) is 10. The summed E-state index contributed by atoms with van der Waals surface area (Å²) in [5, 5.41) is 15.8. The lowest BCUT2D eigenvalue weighted by Gasteiger charge is -2.28. The summed E-state index contributed by atoms with van der Waals surface area (Å²) in [5.74, 6) is 4.94. The van der Waals surface area contributed by atoms with Gasteiger partial charge in [-0.1, -0.05) is 77.6 Å². The van der Waals surface area contributed by atoms with Crippen molar-refractivity contribution in [3.05, 3.63) is 185 Å². The van der Waals surface area contributed by atoms with Gasteiger partial charge in [-0.2, -0.15) is 0 Å². The Balaban J connectivity index is 0.000000123. The maximum absolute atomic E-state index is 13.4. The van der Waals surface area contributed by atoms with Crippen LogP contribution >= 0.6 is 45.3 Å². The third-order valence-electron chi connectivity index (χ3n) is 28.1. The second-order valence-corrected chi connectivity index (χ2v) is 40.9. The summed E-state index contributed by atoms with van der Waals surface area (Å²) in [5.41, 5.74) is 39.4. The molecule has 12 aromatic rings. The standard InChI is InChI=1S/2C25H30FN5OS.2C25H29FN4O2S/c2*1-3-15-12-31(13-17(15)11-26)21-9-5-16-10-18(6-8-20(16)30-21)29-24(32)23-22(27)19-7-4-14(2)28-25(19)33-23;2*1-3-15-11-30(12-17(15)10-26)19-6-5-16-8-18(13-32-21(16)9-19)29-24(31)23-22(27)20-7-4-14(2)28-25(20)33-23/h2*4-5,7,9,15,17-18H,3,6,8,10-13,27H2,1-2H3,(H,29,32);2*4-7,9,15,17-18H,3,8,10-13,27H2,1-2H3,(H,29,31)/t15-,17+,18+;15-,17+,18-;15-,17+,18+;15-,17+,18-/m1001/s1. The second-order valence-electron chi connectivity index (χ2n) is 36.9. The third kappa shape index (κ3) is 19.8. The number of nitrogens with one attached hydrogen (secondary N) is 4. The van der Waals surface area contributed by atoms with Gasteiger partial charge in [0.1, 0.15) is 75.2 Å². The van der Waals surface area contributed by atoms with E-state index in [4.69, 9.17) is 42.4 Å². The Morgan fingerprint density at radius 1 is 0.356 bits per heavy atom. The molecule has 6 aliphatic heterocycles. The minimum Gasteiger partial charge on any atom is -0.491 e. The number of pyridine rings is 6. The number of hydrogen-bond acceptors (Lipinski definition) is 24. The molecule has 8 aliphatic rings. The van der Waals surface area contributed by atoms with Gasteiger partial charge in [-0.3, -0.25) is 36.7 Å². The molecule has 4 fully saturated rings. The van der Waals surface area contributed by atoms with Gasteiger partial charge in [0.15, 0.2) is 0 Å². The van der Waals surface area contributed by atoms with Gasteiger partial charge in [0.25, 0.3) is 23.6 Å². The molecular formula is C100H118F4N18O6S4. The largest absolute Gasteiger partial charge is 0.491 e. The number of thiophene rings is 4. The number of benzene rings is 2. The molecule has 0 saturated carbocycles. The van der Waals surface area contributed by atoms with Crippen LogP contribution in [0.2, 0.25) is 0 Å². The Kier molecular flexibility index (Phi) is 28.3. The van der Waals surface area contributed by atoms with Crippen LogP contribution in [0.3, 0.4) is 0 Å². The van der Waals surface area contributed by atoms with Crippen molar-refractivity contribution in [2.45, 2.75) is 157 Å². The predicted molar refractivity (Wildman–Crippen MR) is 526 cm³/mol. The van der Waals surface area contributed by atoms with Crippen molar-refractivity contribution < 1.29 is 46.2 Å². The van der Waals surface area contributed by atoms with Crippen LogP contribution < -0.4 is 73.3 Å². The molecule has 20 rings (SSSR count). The maximum Gasteiger partial charge on any atom is 0.263 e. The second kappa shape index (κ2) is 40.3. The van der Waals surface area contributed by atoms with Crippen LogP contribution in [0, 0.1) is 75.0 Å². The molecule has 2 aromatic carbocycles. The number of rotatable bonds is 20. The highest BCUT2D eigenvalue weighted by molar-refractivity contribution is 7.22. The van der Waals surface area contributed by atoms with Crippen LogP contribution in [-0.2, 0) is 38.5 Å². The molecule has 2 aliphatic carbocycles. The van der Waals surface area contributed by atoms with Crippen LogP contribution in [0.4, 0.5) is 63.3 Å². The average Bonchev–Trinajstić information content (AvgIpc) is 1.67. The minimum absolute atomic E-state index is 0.0455. The molecule has 4 saturated heterocycles. The summed E-state index contributed by atoms with van der Waals surface area (Å²) in [6.07, 6.45) is 10.2. The molecule has 24 nitrogen and oxygen atoms in total. The van der Waals surface area contributed by atoms with E-state index < -0.39 is 0 Å². The molecule has 696 valence electrons. The number of alkyl halides is 4. The number of fused-ring (bicyclic) bond motifs is 8. The van der Waals surface area contributed by atoms with E-state index in [1.54, 1.807) is 0 Å². The molecule has 0 spiro atoms. The summed E-state index contributed by atoms with van der Waals surface area (Å²) in [6.45, 7) is 22.5. The van der Waals surface area contributed by atoms with Crippen molar-refractivity contribution in [1.29, 1.82) is 0 Å². The van der Waals surface area contributed by atoms with E-state index in [1.165, 1.54) is 56.5 Å². The van der Waals surface area contributed by atoms with Crippen molar-refractivity contribution in [1.82, 2.24) is 51.2 Å². The Bertz CT molecular complexity index is 5480. The first-order valence-corrected chi connectivity index (χ1v) is 49.7. The third-order valence-corrected chi connectivity index (χ3v) is 32.5. The predicted octanol–water partition coefficient (Wildman–Crippen LogP) is 17.3. The van der Waals surface area contributed by atoms with Gasteiger partial charge >= 0.3 is 0 Å². The number of nitrogen functional groups attached to an aromatic ring is 4. The summed E-state index contributed by atoms with van der Waals surface area (Å²) in [4.78, 5) is 93.8. The zero-order chi connectivity index (χ0) is 92.4. The molecule has 10 aromatic heterocycles. The molecule has 0 radical (unpaired) electrons. The highest BCUT2D eigenvalue weighted by Crippen LogP contribution is 2.43. The van der Waals surface area contributed by atoms with Crippen molar-refractivity contribution in [2.75, 3.05) is 135 Å². The number of ether oxygens (including phenoxy) is 2. The van der Waals surface area contributed by atoms with Gasteiger partial charge in [-0.25, -0.2) is 29.9 Å². The first kappa shape index (κ1) is 92.6. The maximum atomic E-state index is 13.4. The monoisotopic (exact) mass is 1870 g/mol. The van der Waals surface area contributed by atoms with E-state index in [1.807, 2.05) is 88.4 Å². The number of carbonyl (C=O) groups is 4. The fourth-order valence-electron chi connectivity index (χ4n) is 20.2. The first-order valence-electron chi connectivity index (χ1n) is 46.4. The Labute approximate surface area is 783 Å². The fourth-order valence-corrected chi connectivity index (χ4v) is 24.4. The molecule has 16 heterocycles. The Hall–Kier alpha value is -11.2. The summed E-state index contributed by atoms with van der Waals surface area (Å²) >= 11 is 5.33. The van der Waals surface area contributed by atoms with Gasteiger partial charge in [-0.05, 0) is 198 Å². The molecule has 12 N–H and O–H groups in total. The van der Waals surface area contributed by atoms with Gasteiger partial charge < -0.3 is 73.3 Å². The van der Waals surface area contributed by atoms with Crippen LogP contribution in [-0.4, -0.2) is 170 Å². The lowest BCUT2D eigenvalue weighted by Crippen LogP contribution is -2.42. The fraction of sp³-hybridized carbons (Fsp3) is 0.460. The van der Waals surface area contributed by atoms with E-state index in [-0.39, 0.29) is 98.2 Å². The van der Waals surface area contributed by atoms with Crippen molar-refractivity contribution in [3.8, 4) is 11.5 Å². The number of nitrogens with two attached hydrogens (primary N) is 4. The first-order chi connectivity index (χ1) is 63.8. The lowest BCUT2D eigenvalue weighted by molar-refractivity contribution is 0.0912. The summed E-state index contributed by atoms with van der Waals surface area (Å²) in [6, 6.07) is 35.9. The zero-order valence-electron chi connectivity index (χ0n) is 76.1. The zero-order valence-corrected chi connectivity index (χ0v) is 79.3. The Morgan fingerprint density at radius 2 is 0.629 bits per heavy atom. The molecule has 132 heavy (non-hydrogen) atoms. The lowest BCUT2D eigenvalue weighted by atomic mass is 9.91. The smallest absolute Gasteiger partial charge is 0.263 e. The molecule has 12 atom stereocenters. The van der Waals surface area contributed by atoms with E-state index in [9.17, 15) is 36.7 Å². The number of aromatic nitrogens is 6. The number of carbonyl (C=O) groups excluding carboxylic acids is 4. The molecule has 0 unspecified atom stereocenters. The van der Waals surface area contributed by atoms with Crippen molar-refractivity contribution >= 4 is 156 Å². The van der Waals surface area contributed by atoms with Crippen molar-refractivity contribution in [2.24, 2.45) is 47.3 Å². The normalized spacial score (nSPS) is 22.4.